The molecule has 4 bridgehead atoms. The Bertz CT molecular complexity index is 810. The molecule has 0 heterocycles. The quantitative estimate of drug-likeness (QED) is 0.732. The fraction of sp³-hybridized carbons (Fsp3) is 0.522. The Morgan fingerprint density at radius 2 is 1.76 bits per heavy atom. The summed E-state index contributed by atoms with van der Waals surface area (Å²) in [5.74, 6) is 3.26. The number of hydrogen-bond acceptors (Lipinski definition) is 2. The van der Waals surface area contributed by atoms with Gasteiger partial charge >= 0.3 is 0 Å². The highest BCUT2D eigenvalue weighted by Gasteiger charge is 2.47. The average molecular weight is 333 g/mol. The highest BCUT2D eigenvalue weighted by Crippen LogP contribution is 2.57. The first-order valence-electron chi connectivity index (χ1n) is 9.91. The monoisotopic (exact) mass is 333 g/mol. The van der Waals surface area contributed by atoms with E-state index in [0.29, 0.717) is 11.2 Å². The Balaban J connectivity index is 1.42. The van der Waals surface area contributed by atoms with E-state index >= 15 is 0 Å². The molecule has 0 aliphatic heterocycles. The van der Waals surface area contributed by atoms with Crippen LogP contribution in [-0.2, 0) is 0 Å². The largest absolute Gasteiger partial charge is 0.507 e. The zero-order valence-corrected chi connectivity index (χ0v) is 14.8. The third kappa shape index (κ3) is 2.76. The van der Waals surface area contributed by atoms with Crippen LogP contribution in [0.5, 0.6) is 5.75 Å². The van der Waals surface area contributed by atoms with E-state index in [0.717, 1.165) is 40.6 Å². The molecule has 0 spiro atoms. The van der Waals surface area contributed by atoms with Crippen LogP contribution in [0.15, 0.2) is 41.4 Å². The standard InChI is InChI=1S/C23H27NO/c25-22-6-5-19-3-1-2-4-20(19)21(22)14-24-15-23-8-7-16-9-17(12-23)11-18(10-16)13-23/h1-6,14,16-18,25H,7-13,15H2/t16?,17-,18-,23?/m0/s1. The highest BCUT2D eigenvalue weighted by molar-refractivity contribution is 6.02. The Kier molecular flexibility index (Phi) is 3.62. The molecule has 2 nitrogen and oxygen atoms in total. The van der Waals surface area contributed by atoms with Crippen LogP contribution < -0.4 is 0 Å². The smallest absolute Gasteiger partial charge is 0.124 e. The van der Waals surface area contributed by atoms with Crippen LogP contribution in [0.1, 0.15) is 50.5 Å². The van der Waals surface area contributed by atoms with Gasteiger partial charge in [0, 0.05) is 18.3 Å². The van der Waals surface area contributed by atoms with Crippen molar-refractivity contribution in [1.29, 1.82) is 0 Å². The molecule has 6 rings (SSSR count). The van der Waals surface area contributed by atoms with Crippen molar-refractivity contribution in [3.05, 3.63) is 42.0 Å². The summed E-state index contributed by atoms with van der Waals surface area (Å²) in [7, 11) is 0. The van der Waals surface area contributed by atoms with Crippen LogP contribution in [-0.4, -0.2) is 17.9 Å². The molecule has 25 heavy (non-hydrogen) atoms. The maximum atomic E-state index is 10.3. The van der Waals surface area contributed by atoms with Gasteiger partial charge in [0.1, 0.15) is 5.75 Å². The molecule has 1 N–H and O–H groups in total. The number of benzene rings is 2. The van der Waals surface area contributed by atoms with Crippen molar-refractivity contribution >= 4 is 17.0 Å². The van der Waals surface area contributed by atoms with Crippen molar-refractivity contribution in [2.45, 2.75) is 44.9 Å². The third-order valence-electron chi connectivity index (χ3n) is 7.12. The Hall–Kier alpha value is -1.83. The number of rotatable bonds is 3. The second-order valence-electron chi connectivity index (χ2n) is 8.94. The number of phenolic OH excluding ortho intramolecular Hbond substituents is 1. The topological polar surface area (TPSA) is 32.6 Å². The van der Waals surface area contributed by atoms with E-state index < -0.39 is 0 Å². The number of fused-ring (bicyclic) bond motifs is 2. The highest BCUT2D eigenvalue weighted by atomic mass is 16.3. The summed E-state index contributed by atoms with van der Waals surface area (Å²) in [6.07, 6.45) is 11.9. The molecule has 0 amide bonds. The van der Waals surface area contributed by atoms with Crippen molar-refractivity contribution in [2.24, 2.45) is 28.2 Å². The second kappa shape index (κ2) is 5.86. The van der Waals surface area contributed by atoms with Gasteiger partial charge in [-0.2, -0.15) is 0 Å². The molecule has 0 radical (unpaired) electrons. The molecule has 4 fully saturated rings. The van der Waals surface area contributed by atoms with Gasteiger partial charge in [-0.05, 0) is 85.0 Å². The van der Waals surface area contributed by atoms with Gasteiger partial charge in [0.2, 0.25) is 0 Å². The summed E-state index contributed by atoms with van der Waals surface area (Å²) in [5.41, 5.74) is 1.31. The summed E-state index contributed by atoms with van der Waals surface area (Å²) in [6.45, 7) is 0.940. The minimum Gasteiger partial charge on any atom is -0.507 e. The molecule has 4 aliphatic rings. The molecule has 0 saturated heterocycles. The van der Waals surface area contributed by atoms with Crippen LogP contribution in [0.2, 0.25) is 0 Å². The SMILES string of the molecule is Oc1ccc2ccccc2c1C=NCC12CCC3C[C@@H](C[C@H](C3)C1)C2. The van der Waals surface area contributed by atoms with Crippen LogP contribution in [0.3, 0.4) is 0 Å². The maximum absolute atomic E-state index is 10.3. The van der Waals surface area contributed by atoms with Gasteiger partial charge in [-0.25, -0.2) is 0 Å². The number of nitrogens with zero attached hydrogens (tertiary/aromatic N) is 1. The minimum absolute atomic E-state index is 0.338. The molecule has 130 valence electrons. The van der Waals surface area contributed by atoms with Gasteiger partial charge < -0.3 is 5.11 Å². The zero-order chi connectivity index (χ0) is 16.9. The van der Waals surface area contributed by atoms with Crippen molar-refractivity contribution < 1.29 is 5.11 Å². The maximum Gasteiger partial charge on any atom is 0.124 e. The van der Waals surface area contributed by atoms with Crippen LogP contribution in [0, 0.1) is 23.2 Å². The van der Waals surface area contributed by atoms with E-state index in [-0.39, 0.29) is 0 Å². The van der Waals surface area contributed by atoms with E-state index in [1.165, 1.54) is 44.9 Å². The van der Waals surface area contributed by atoms with Crippen molar-refractivity contribution in [2.75, 3.05) is 6.54 Å². The normalized spacial score (nSPS) is 34.0. The van der Waals surface area contributed by atoms with Crippen molar-refractivity contribution in [3.63, 3.8) is 0 Å². The zero-order valence-electron chi connectivity index (χ0n) is 14.8. The molecule has 0 unspecified atom stereocenters. The Labute approximate surface area is 150 Å². The molecule has 2 aromatic carbocycles. The predicted molar refractivity (Wildman–Crippen MR) is 103 cm³/mol. The van der Waals surface area contributed by atoms with Gasteiger partial charge in [-0.3, -0.25) is 4.99 Å². The van der Waals surface area contributed by atoms with Crippen LogP contribution in [0.25, 0.3) is 10.8 Å². The predicted octanol–water partition coefficient (Wildman–Crippen LogP) is 5.57. The van der Waals surface area contributed by atoms with E-state index in [1.54, 1.807) is 6.07 Å². The Morgan fingerprint density at radius 3 is 2.60 bits per heavy atom. The summed E-state index contributed by atoms with van der Waals surface area (Å²) < 4.78 is 0. The van der Waals surface area contributed by atoms with Gasteiger partial charge in [-0.1, -0.05) is 30.3 Å². The molecule has 4 aliphatic carbocycles. The summed E-state index contributed by atoms with van der Waals surface area (Å²) >= 11 is 0. The first-order chi connectivity index (χ1) is 12.2. The first kappa shape index (κ1) is 15.4. The van der Waals surface area contributed by atoms with Crippen LogP contribution in [0.4, 0.5) is 0 Å². The van der Waals surface area contributed by atoms with E-state index in [4.69, 9.17) is 4.99 Å². The first-order valence-corrected chi connectivity index (χ1v) is 9.91. The molecule has 0 aromatic heterocycles. The molecule has 4 saturated carbocycles. The lowest BCUT2D eigenvalue weighted by Gasteiger charge is -2.44. The van der Waals surface area contributed by atoms with Crippen molar-refractivity contribution in [1.82, 2.24) is 0 Å². The minimum atomic E-state index is 0.338. The lowest BCUT2D eigenvalue weighted by Crippen LogP contribution is -2.36. The lowest BCUT2D eigenvalue weighted by atomic mass is 9.61. The molecule has 2 aromatic rings. The van der Waals surface area contributed by atoms with Gasteiger partial charge in [0.05, 0.1) is 0 Å². The van der Waals surface area contributed by atoms with Gasteiger partial charge in [0.15, 0.2) is 0 Å². The average Bonchev–Trinajstić information content (AvgIpc) is 2.81. The van der Waals surface area contributed by atoms with Gasteiger partial charge in [-0.15, -0.1) is 0 Å². The van der Waals surface area contributed by atoms with Crippen LogP contribution >= 0.6 is 0 Å². The second-order valence-corrected chi connectivity index (χ2v) is 8.94. The molecule has 2 atom stereocenters. The van der Waals surface area contributed by atoms with E-state index in [1.807, 2.05) is 24.4 Å². The lowest BCUT2D eigenvalue weighted by molar-refractivity contribution is 0.0728. The number of aromatic hydroxyl groups is 1. The van der Waals surface area contributed by atoms with Crippen molar-refractivity contribution in [3.8, 4) is 5.75 Å². The molecule has 2 heteroatoms. The summed E-state index contributed by atoms with van der Waals surface area (Å²) in [6, 6.07) is 12.0. The molecular weight excluding hydrogens is 306 g/mol. The number of hydrogen-bond donors (Lipinski definition) is 1. The molecular formula is C23H27NO. The fourth-order valence-corrected chi connectivity index (χ4v) is 6.25. The van der Waals surface area contributed by atoms with Gasteiger partial charge in [0.25, 0.3) is 0 Å². The number of aliphatic imine (C=N–C) groups is 1. The van der Waals surface area contributed by atoms with E-state index in [2.05, 4.69) is 12.1 Å². The fourth-order valence-electron chi connectivity index (χ4n) is 6.25. The van der Waals surface area contributed by atoms with E-state index in [9.17, 15) is 5.11 Å². The summed E-state index contributed by atoms with van der Waals surface area (Å²) in [4.78, 5) is 4.90. The number of phenols is 1. The Morgan fingerprint density at radius 1 is 1.00 bits per heavy atom. The summed E-state index contributed by atoms with van der Waals surface area (Å²) in [5, 5.41) is 12.6. The third-order valence-corrected chi connectivity index (χ3v) is 7.12.